The van der Waals surface area contributed by atoms with Gasteiger partial charge in [0.15, 0.2) is 11.3 Å². The number of ether oxygens (including phenoxy) is 1. The van der Waals surface area contributed by atoms with E-state index >= 15 is 0 Å². The number of aliphatic hydroxyl groups is 1. The highest BCUT2D eigenvalue weighted by atomic mass is 32.1. The van der Waals surface area contributed by atoms with Gasteiger partial charge >= 0.3 is 11.5 Å². The van der Waals surface area contributed by atoms with Crippen LogP contribution in [-0.2, 0) is 11.3 Å². The Kier molecular flexibility index (Phi) is 9.08. The molecule has 0 bridgehead atoms. The number of carbonyl (C=O) groups is 1. The minimum atomic E-state index is -0.270. The van der Waals surface area contributed by atoms with Crippen molar-refractivity contribution in [2.75, 3.05) is 11.4 Å². The Bertz CT molecular complexity index is 3230. The molecule has 0 atom stereocenters. The third-order valence-corrected chi connectivity index (χ3v) is 13.7. The fourth-order valence-electron chi connectivity index (χ4n) is 7.03. The van der Waals surface area contributed by atoms with Gasteiger partial charge in [-0.15, -0.1) is 34.0 Å². The lowest BCUT2D eigenvalue weighted by Gasteiger charge is -2.21. The number of fused-ring (bicyclic) bond motifs is 2. The molecule has 0 amide bonds. The molecule has 1 aliphatic carbocycles. The van der Waals surface area contributed by atoms with Gasteiger partial charge in [0.2, 0.25) is 22.5 Å². The van der Waals surface area contributed by atoms with Gasteiger partial charge in [-0.2, -0.15) is 4.42 Å². The summed E-state index contributed by atoms with van der Waals surface area (Å²) in [6.07, 6.45) is 7.17. The molecule has 0 fully saturated rings. The maximum Gasteiger partial charge on any atom is 0.435 e. The second kappa shape index (κ2) is 14.2. The maximum absolute atomic E-state index is 13.4. The number of aryl methyl sites for hydroxylation is 1. The number of benzene rings is 2. The molecule has 274 valence electrons. The van der Waals surface area contributed by atoms with Crippen molar-refractivity contribution in [1.29, 1.82) is 0 Å². The van der Waals surface area contributed by atoms with Gasteiger partial charge in [0.25, 0.3) is 0 Å². The van der Waals surface area contributed by atoms with Crippen molar-refractivity contribution in [3.05, 3.63) is 172 Å². The smallest absolute Gasteiger partial charge is 0.435 e. The zero-order valence-electron chi connectivity index (χ0n) is 30.1. The average molecular weight is 784 g/mol. The standard InChI is InChI=1S/C44H34N2O6S3/c1-3-5-21-45-27-11-7-9-13-29(27)51-37(45)23-25-41(47)39(42(25)48)35-19-17-33(54-35)31-15-16-32(53-31)34-18-20-36(55-34)40-43(49)26(44(40)50)24-38-46(22-6-4-2)28-12-8-10-14-30(28)52-38/h7-20,23-24H,3-6,21-22H2,1-2H3/p+1. The van der Waals surface area contributed by atoms with Gasteiger partial charge in [-0.25, -0.2) is 0 Å². The number of ketones is 1. The normalized spacial score (nSPS) is 17.0. The zero-order chi connectivity index (χ0) is 37.8. The second-order valence-electron chi connectivity index (χ2n) is 13.5. The van der Waals surface area contributed by atoms with Crippen LogP contribution in [0.15, 0.2) is 122 Å². The van der Waals surface area contributed by atoms with E-state index in [9.17, 15) is 19.5 Å². The molecule has 0 radical (unpaired) electrons. The number of oxazole rings is 1. The van der Waals surface area contributed by atoms with Crippen LogP contribution in [0.25, 0.3) is 22.7 Å². The van der Waals surface area contributed by atoms with E-state index in [1.807, 2.05) is 89.5 Å². The monoisotopic (exact) mass is 783 g/mol. The molecule has 1 N–H and O–H groups in total. The first kappa shape index (κ1) is 35.1. The number of anilines is 1. The van der Waals surface area contributed by atoms with Crippen LogP contribution in [0.1, 0.15) is 45.4 Å². The van der Waals surface area contributed by atoms with E-state index in [0.717, 1.165) is 79.4 Å². The number of aliphatic hydroxyl groups excluding tert-OH is 1. The predicted octanol–water partition coefficient (Wildman–Crippen LogP) is 7.87. The van der Waals surface area contributed by atoms with E-state index in [4.69, 9.17) is 9.15 Å². The molecule has 9 rings (SSSR count). The number of Topliss-reactive ketones (excluding diaryl/α,β-unsaturated/α-hetero) is 1. The Morgan fingerprint density at radius 2 is 1.31 bits per heavy atom. The fraction of sp³-hybridized carbons (Fsp3) is 0.182. The average Bonchev–Trinajstić information content (AvgIpc) is 4.05. The minimum Gasteiger partial charge on any atom is -0.506 e. The molecule has 0 saturated heterocycles. The Balaban J connectivity index is 1.06. The summed E-state index contributed by atoms with van der Waals surface area (Å²) >= 11 is 4.47. The first-order valence-electron chi connectivity index (χ1n) is 18.4. The molecule has 0 saturated carbocycles. The molecule has 55 heavy (non-hydrogen) atoms. The predicted molar refractivity (Wildman–Crippen MR) is 219 cm³/mol. The lowest BCUT2D eigenvalue weighted by Crippen LogP contribution is -2.49. The van der Waals surface area contributed by atoms with Crippen LogP contribution in [0.2, 0.25) is 0 Å². The van der Waals surface area contributed by atoms with Crippen LogP contribution in [0.3, 0.4) is 0 Å². The van der Waals surface area contributed by atoms with Crippen molar-refractivity contribution in [3.63, 3.8) is 0 Å². The Morgan fingerprint density at radius 3 is 2.02 bits per heavy atom. The molecule has 11 heteroatoms. The zero-order valence-corrected chi connectivity index (χ0v) is 32.5. The van der Waals surface area contributed by atoms with Crippen molar-refractivity contribution in [1.82, 2.24) is 4.57 Å². The van der Waals surface area contributed by atoms with Gasteiger partial charge in [0.1, 0.15) is 5.76 Å². The van der Waals surface area contributed by atoms with Gasteiger partial charge in [-0.1, -0.05) is 51.0 Å². The van der Waals surface area contributed by atoms with Crippen LogP contribution >= 0.6 is 34.0 Å². The molecular weight excluding hydrogens is 749 g/mol. The van der Waals surface area contributed by atoms with Crippen molar-refractivity contribution >= 4 is 68.2 Å². The quantitative estimate of drug-likeness (QED) is 0.157. The van der Waals surface area contributed by atoms with E-state index < -0.39 is 0 Å². The molecule has 3 aromatic carbocycles. The number of unbranched alkanes of at least 4 members (excludes halogenated alkanes) is 2. The Labute approximate surface area is 325 Å². The maximum atomic E-state index is 13.4. The van der Waals surface area contributed by atoms with E-state index in [1.165, 1.54) is 22.7 Å². The van der Waals surface area contributed by atoms with Crippen molar-refractivity contribution in [3.8, 4) is 5.75 Å². The van der Waals surface area contributed by atoms with Crippen LogP contribution < -0.4 is 30.2 Å². The molecule has 5 heterocycles. The lowest BCUT2D eigenvalue weighted by atomic mass is 9.88. The second-order valence-corrected chi connectivity index (χ2v) is 16.8. The topological polar surface area (TPSA) is 100 Å². The summed E-state index contributed by atoms with van der Waals surface area (Å²) < 4.78 is 19.5. The van der Waals surface area contributed by atoms with Crippen molar-refractivity contribution < 1.29 is 19.1 Å². The van der Waals surface area contributed by atoms with Crippen molar-refractivity contribution in [2.45, 2.75) is 46.1 Å². The molecule has 1 aliphatic heterocycles. The van der Waals surface area contributed by atoms with Crippen LogP contribution in [0, 0.1) is 27.9 Å². The van der Waals surface area contributed by atoms with Gasteiger partial charge in [0.05, 0.1) is 33.3 Å². The SMILES string of the molecule is CCCCN1C(=CC2=C(O)C(=c3ccc(=c4ccc(=c5ccc(=c6c(=O)c(=Cc7[o+]c8ccccc8n7CCCC)c6=O)s5)s4)s3)C2=O)Oc2ccccc21. The number of nitrogens with zero attached hydrogens (tertiary/aromatic N) is 2. The third kappa shape index (κ3) is 6.03. The molecule has 2 aliphatic rings. The molecule has 7 aromatic rings. The minimum absolute atomic E-state index is 0.0252. The number of allylic oxidation sites excluding steroid dienone is 3. The first-order valence-corrected chi connectivity index (χ1v) is 20.8. The van der Waals surface area contributed by atoms with E-state index in [-0.39, 0.29) is 38.4 Å². The van der Waals surface area contributed by atoms with Crippen molar-refractivity contribution in [2.24, 2.45) is 0 Å². The summed E-state index contributed by atoms with van der Waals surface area (Å²) in [7, 11) is 0. The summed E-state index contributed by atoms with van der Waals surface area (Å²) in [5.41, 5.74) is 2.63. The van der Waals surface area contributed by atoms with Gasteiger partial charge in [-0.3, -0.25) is 19.0 Å². The number of rotatable bonds is 8. The summed E-state index contributed by atoms with van der Waals surface area (Å²) in [5, 5.41) is 11.4. The summed E-state index contributed by atoms with van der Waals surface area (Å²) in [4.78, 5) is 42.2. The Hall–Kier alpha value is -5.62. The fourth-order valence-corrected chi connectivity index (χ4v) is 10.3. The highest BCUT2D eigenvalue weighted by Gasteiger charge is 2.36. The third-order valence-electron chi connectivity index (χ3n) is 9.98. The first-order chi connectivity index (χ1) is 26.8. The van der Waals surface area contributed by atoms with Crippen LogP contribution in [-0.4, -0.2) is 22.0 Å². The van der Waals surface area contributed by atoms with Crippen LogP contribution in [0.4, 0.5) is 5.69 Å². The van der Waals surface area contributed by atoms with Gasteiger partial charge < -0.3 is 14.7 Å². The highest BCUT2D eigenvalue weighted by Crippen LogP contribution is 2.41. The van der Waals surface area contributed by atoms with Gasteiger partial charge in [-0.05, 0) is 67.4 Å². The summed E-state index contributed by atoms with van der Waals surface area (Å²) in [5.74, 6) is 1.54. The molecule has 8 nitrogen and oxygen atoms in total. The molecular formula is C44H35N2O6S3+. The molecule has 0 unspecified atom stereocenters. The number of aromatic nitrogens is 1. The van der Waals surface area contributed by atoms with E-state index in [1.54, 1.807) is 23.5 Å². The number of hydrogen-bond donors (Lipinski definition) is 1. The number of para-hydroxylation sites is 4. The largest absolute Gasteiger partial charge is 0.506 e. The number of carbonyl (C=O) groups excluding carboxylic acids is 1. The van der Waals surface area contributed by atoms with Crippen LogP contribution in [0.5, 0.6) is 5.75 Å². The molecule has 4 aromatic heterocycles. The number of thiophene rings is 3. The highest BCUT2D eigenvalue weighted by molar-refractivity contribution is 7.13. The van der Waals surface area contributed by atoms with E-state index in [2.05, 4.69) is 18.7 Å². The lowest BCUT2D eigenvalue weighted by molar-refractivity contribution is -0.111. The Morgan fingerprint density at radius 1 is 0.709 bits per heavy atom. The number of hydrogen-bond acceptors (Lipinski definition) is 9. The van der Waals surface area contributed by atoms with E-state index in [0.29, 0.717) is 26.4 Å². The summed E-state index contributed by atoms with van der Waals surface area (Å²) in [6.45, 7) is 5.73. The summed E-state index contributed by atoms with van der Waals surface area (Å²) in [6, 6.07) is 27.2. The molecule has 0 spiro atoms. The van der Waals surface area contributed by atoms with Gasteiger partial charge in [0, 0.05) is 52.4 Å².